The normalized spacial score (nSPS) is 18.9. The first-order valence-electron chi connectivity index (χ1n) is 7.37. The van der Waals surface area contributed by atoms with E-state index in [9.17, 15) is 0 Å². The van der Waals surface area contributed by atoms with E-state index in [1.165, 1.54) is 25.9 Å². The number of hydrogen-bond acceptors (Lipinski definition) is 4. The van der Waals surface area contributed by atoms with Gasteiger partial charge in [0.1, 0.15) is 12.2 Å². The first-order chi connectivity index (χ1) is 9.05. The molecular formula is C14H27N5. The van der Waals surface area contributed by atoms with E-state index in [2.05, 4.69) is 41.1 Å². The zero-order chi connectivity index (χ0) is 13.9. The van der Waals surface area contributed by atoms with Crippen LogP contribution in [0.5, 0.6) is 0 Å². The standard InChI is InChI=1S/C14H27N5/c1-5-15-12(10-13-16-11-17-18(13)4)14(2,3)19-8-6-7-9-19/h11-12,15H,5-10H2,1-4H3. The Morgan fingerprint density at radius 2 is 2.05 bits per heavy atom. The quantitative estimate of drug-likeness (QED) is 0.840. The minimum absolute atomic E-state index is 0.151. The van der Waals surface area contributed by atoms with Gasteiger partial charge < -0.3 is 5.32 Å². The van der Waals surface area contributed by atoms with Crippen molar-refractivity contribution in [3.8, 4) is 0 Å². The summed E-state index contributed by atoms with van der Waals surface area (Å²) in [6, 6.07) is 0.401. The molecular weight excluding hydrogens is 238 g/mol. The highest BCUT2D eigenvalue weighted by Crippen LogP contribution is 2.25. The number of aryl methyl sites for hydroxylation is 1. The number of aromatic nitrogens is 3. The van der Waals surface area contributed by atoms with E-state index < -0.39 is 0 Å². The highest BCUT2D eigenvalue weighted by molar-refractivity contribution is 5.01. The lowest BCUT2D eigenvalue weighted by molar-refractivity contribution is 0.106. The van der Waals surface area contributed by atoms with Gasteiger partial charge in [-0.25, -0.2) is 4.98 Å². The van der Waals surface area contributed by atoms with Crippen LogP contribution in [0.25, 0.3) is 0 Å². The first-order valence-corrected chi connectivity index (χ1v) is 7.37. The molecule has 1 aliphatic rings. The SMILES string of the molecule is CCNC(Cc1ncnn1C)C(C)(C)N1CCCC1. The van der Waals surface area contributed by atoms with Crippen LogP contribution < -0.4 is 5.32 Å². The lowest BCUT2D eigenvalue weighted by atomic mass is 9.89. The third-order valence-electron chi connectivity index (χ3n) is 4.42. The summed E-state index contributed by atoms with van der Waals surface area (Å²) in [6.45, 7) is 10.3. The zero-order valence-electron chi connectivity index (χ0n) is 12.7. The second kappa shape index (κ2) is 6.01. The highest BCUT2D eigenvalue weighted by Gasteiger charge is 2.36. The van der Waals surface area contributed by atoms with Crippen molar-refractivity contribution in [2.24, 2.45) is 7.05 Å². The van der Waals surface area contributed by atoms with Crippen molar-refractivity contribution in [1.82, 2.24) is 25.0 Å². The molecule has 1 atom stereocenters. The molecule has 1 aromatic rings. The molecule has 5 heteroatoms. The van der Waals surface area contributed by atoms with Gasteiger partial charge in [0.15, 0.2) is 0 Å². The maximum absolute atomic E-state index is 4.37. The summed E-state index contributed by atoms with van der Waals surface area (Å²) >= 11 is 0. The van der Waals surface area contributed by atoms with Crippen molar-refractivity contribution in [2.75, 3.05) is 19.6 Å². The Morgan fingerprint density at radius 1 is 1.37 bits per heavy atom. The van der Waals surface area contributed by atoms with Crippen molar-refractivity contribution >= 4 is 0 Å². The molecule has 19 heavy (non-hydrogen) atoms. The zero-order valence-corrected chi connectivity index (χ0v) is 12.7. The number of nitrogens with one attached hydrogen (secondary N) is 1. The van der Waals surface area contributed by atoms with Gasteiger partial charge in [-0.15, -0.1) is 0 Å². The summed E-state index contributed by atoms with van der Waals surface area (Å²) in [5.41, 5.74) is 0.151. The number of likely N-dealkylation sites (N-methyl/N-ethyl adjacent to an activating group) is 1. The number of likely N-dealkylation sites (tertiary alicyclic amines) is 1. The fourth-order valence-electron chi connectivity index (χ4n) is 3.02. The molecule has 0 amide bonds. The van der Waals surface area contributed by atoms with E-state index in [4.69, 9.17) is 0 Å². The maximum Gasteiger partial charge on any atom is 0.138 e. The van der Waals surface area contributed by atoms with E-state index in [1.54, 1.807) is 6.33 Å². The van der Waals surface area contributed by atoms with Gasteiger partial charge in [-0.2, -0.15) is 5.10 Å². The Bertz CT molecular complexity index is 392. The molecule has 1 aliphatic heterocycles. The smallest absolute Gasteiger partial charge is 0.138 e. The van der Waals surface area contributed by atoms with Crippen molar-refractivity contribution in [1.29, 1.82) is 0 Å². The van der Waals surface area contributed by atoms with Crippen LogP contribution in [0.4, 0.5) is 0 Å². The average molecular weight is 265 g/mol. The van der Waals surface area contributed by atoms with Gasteiger partial charge in [0.25, 0.3) is 0 Å². The van der Waals surface area contributed by atoms with E-state index in [1.807, 2.05) is 11.7 Å². The van der Waals surface area contributed by atoms with E-state index in [-0.39, 0.29) is 5.54 Å². The molecule has 1 N–H and O–H groups in total. The highest BCUT2D eigenvalue weighted by atomic mass is 15.3. The monoisotopic (exact) mass is 265 g/mol. The van der Waals surface area contributed by atoms with Gasteiger partial charge in [0, 0.05) is 25.0 Å². The van der Waals surface area contributed by atoms with Crippen LogP contribution in [0.3, 0.4) is 0 Å². The molecule has 0 bridgehead atoms. The summed E-state index contributed by atoms with van der Waals surface area (Å²) in [5.74, 6) is 1.05. The van der Waals surface area contributed by atoms with Crippen LogP contribution in [0.15, 0.2) is 6.33 Å². The molecule has 0 spiro atoms. The lowest BCUT2D eigenvalue weighted by Gasteiger charge is -2.42. The number of rotatable bonds is 6. The summed E-state index contributed by atoms with van der Waals surface area (Å²) < 4.78 is 1.88. The second-order valence-electron chi connectivity index (χ2n) is 5.96. The molecule has 1 fully saturated rings. The molecule has 1 aromatic heterocycles. The molecule has 2 rings (SSSR count). The molecule has 0 aliphatic carbocycles. The molecule has 0 aromatic carbocycles. The van der Waals surface area contributed by atoms with Gasteiger partial charge in [-0.1, -0.05) is 6.92 Å². The van der Waals surface area contributed by atoms with E-state index >= 15 is 0 Å². The van der Waals surface area contributed by atoms with Crippen molar-refractivity contribution in [3.63, 3.8) is 0 Å². The average Bonchev–Trinajstić information content (AvgIpc) is 3.01. The first kappa shape index (κ1) is 14.5. The van der Waals surface area contributed by atoms with Crippen molar-refractivity contribution in [2.45, 2.75) is 51.6 Å². The fourth-order valence-corrected chi connectivity index (χ4v) is 3.02. The largest absolute Gasteiger partial charge is 0.312 e. The van der Waals surface area contributed by atoms with E-state index in [0.29, 0.717) is 6.04 Å². The van der Waals surface area contributed by atoms with Crippen LogP contribution in [-0.4, -0.2) is 50.9 Å². The summed E-state index contributed by atoms with van der Waals surface area (Å²) in [5, 5.41) is 7.82. The van der Waals surface area contributed by atoms with Gasteiger partial charge >= 0.3 is 0 Å². The van der Waals surface area contributed by atoms with Gasteiger partial charge in [-0.3, -0.25) is 9.58 Å². The molecule has 0 saturated carbocycles. The van der Waals surface area contributed by atoms with Crippen LogP contribution in [0.2, 0.25) is 0 Å². The number of nitrogens with zero attached hydrogens (tertiary/aromatic N) is 4. The second-order valence-corrected chi connectivity index (χ2v) is 5.96. The Balaban J connectivity index is 2.12. The van der Waals surface area contributed by atoms with Crippen LogP contribution in [0, 0.1) is 0 Å². The molecule has 108 valence electrons. The topological polar surface area (TPSA) is 46.0 Å². The van der Waals surface area contributed by atoms with E-state index in [0.717, 1.165) is 18.8 Å². The summed E-state index contributed by atoms with van der Waals surface area (Å²) in [7, 11) is 1.97. The molecule has 2 heterocycles. The Labute approximate surface area is 116 Å². The minimum Gasteiger partial charge on any atom is -0.312 e. The van der Waals surface area contributed by atoms with Crippen molar-refractivity contribution in [3.05, 3.63) is 12.2 Å². The van der Waals surface area contributed by atoms with Crippen LogP contribution in [-0.2, 0) is 13.5 Å². The summed E-state index contributed by atoms with van der Waals surface area (Å²) in [6.07, 6.45) is 5.22. The van der Waals surface area contributed by atoms with Gasteiger partial charge in [-0.05, 0) is 46.3 Å². The molecule has 1 unspecified atom stereocenters. The maximum atomic E-state index is 4.37. The lowest BCUT2D eigenvalue weighted by Crippen LogP contribution is -2.58. The van der Waals surface area contributed by atoms with Gasteiger partial charge in [0.2, 0.25) is 0 Å². The fraction of sp³-hybridized carbons (Fsp3) is 0.857. The number of hydrogen-bond donors (Lipinski definition) is 1. The Hall–Kier alpha value is -0.940. The molecule has 1 saturated heterocycles. The van der Waals surface area contributed by atoms with Crippen LogP contribution in [0.1, 0.15) is 39.4 Å². The minimum atomic E-state index is 0.151. The predicted molar refractivity (Wildman–Crippen MR) is 77.1 cm³/mol. The third-order valence-corrected chi connectivity index (χ3v) is 4.42. The molecule has 5 nitrogen and oxygen atoms in total. The van der Waals surface area contributed by atoms with Crippen LogP contribution >= 0.6 is 0 Å². The predicted octanol–water partition coefficient (Wildman–Crippen LogP) is 1.21. The third kappa shape index (κ3) is 3.15. The Kier molecular flexibility index (Phi) is 4.58. The van der Waals surface area contributed by atoms with Gasteiger partial charge in [0.05, 0.1) is 0 Å². The van der Waals surface area contributed by atoms with Crippen molar-refractivity contribution < 1.29 is 0 Å². The molecule has 0 radical (unpaired) electrons. The Morgan fingerprint density at radius 3 is 2.58 bits per heavy atom. The summed E-state index contributed by atoms with van der Waals surface area (Å²) in [4.78, 5) is 6.98.